The summed E-state index contributed by atoms with van der Waals surface area (Å²) in [4.78, 5) is 11.4. The van der Waals surface area contributed by atoms with Crippen LogP contribution in [-0.4, -0.2) is 18.2 Å². The Bertz CT molecular complexity index is 486. The molecule has 0 atom stereocenters. The SMILES string of the molecule is CC(C)(C)OC(=O)COc1ccc(Cl)c(C#N)c1. The van der Waals surface area contributed by atoms with Crippen LogP contribution in [0.5, 0.6) is 5.75 Å². The van der Waals surface area contributed by atoms with Gasteiger partial charge in [0, 0.05) is 0 Å². The smallest absolute Gasteiger partial charge is 0.344 e. The van der Waals surface area contributed by atoms with Crippen molar-refractivity contribution in [3.8, 4) is 11.8 Å². The van der Waals surface area contributed by atoms with Gasteiger partial charge in [0.05, 0.1) is 10.6 Å². The van der Waals surface area contributed by atoms with E-state index in [0.29, 0.717) is 16.3 Å². The second kappa shape index (κ2) is 5.74. The van der Waals surface area contributed by atoms with Crippen LogP contribution in [0.3, 0.4) is 0 Å². The first-order chi connectivity index (χ1) is 8.31. The van der Waals surface area contributed by atoms with Gasteiger partial charge < -0.3 is 9.47 Å². The Morgan fingerprint density at radius 2 is 2.11 bits per heavy atom. The van der Waals surface area contributed by atoms with Crippen molar-refractivity contribution in [1.29, 1.82) is 5.26 Å². The molecule has 0 saturated carbocycles. The monoisotopic (exact) mass is 267 g/mol. The minimum atomic E-state index is -0.543. The standard InChI is InChI=1S/C13H14ClNO3/c1-13(2,3)18-12(16)8-17-10-4-5-11(14)9(6-10)7-15/h4-6H,8H2,1-3H3. The number of rotatable bonds is 3. The topological polar surface area (TPSA) is 59.3 Å². The van der Waals surface area contributed by atoms with E-state index in [9.17, 15) is 4.79 Å². The predicted molar refractivity (Wildman–Crippen MR) is 67.5 cm³/mol. The van der Waals surface area contributed by atoms with E-state index >= 15 is 0 Å². The quantitative estimate of drug-likeness (QED) is 0.790. The van der Waals surface area contributed by atoms with Gasteiger partial charge in [0.25, 0.3) is 0 Å². The average molecular weight is 268 g/mol. The van der Waals surface area contributed by atoms with E-state index < -0.39 is 11.6 Å². The second-order valence-electron chi connectivity index (χ2n) is 4.63. The fraction of sp³-hybridized carbons (Fsp3) is 0.385. The number of benzene rings is 1. The molecule has 0 fully saturated rings. The molecule has 18 heavy (non-hydrogen) atoms. The molecule has 5 heteroatoms. The average Bonchev–Trinajstić information content (AvgIpc) is 2.25. The number of nitriles is 1. The molecule has 0 spiro atoms. The zero-order chi connectivity index (χ0) is 13.8. The third-order valence-electron chi connectivity index (χ3n) is 1.83. The molecule has 4 nitrogen and oxygen atoms in total. The van der Waals surface area contributed by atoms with Crippen molar-refractivity contribution in [2.24, 2.45) is 0 Å². The van der Waals surface area contributed by atoms with Gasteiger partial charge in [-0.05, 0) is 39.0 Å². The summed E-state index contributed by atoms with van der Waals surface area (Å²) < 4.78 is 10.3. The number of nitrogens with zero attached hydrogens (tertiary/aromatic N) is 1. The van der Waals surface area contributed by atoms with Crippen LogP contribution in [0.25, 0.3) is 0 Å². The molecule has 0 aromatic heterocycles. The van der Waals surface area contributed by atoms with Gasteiger partial charge in [-0.1, -0.05) is 11.6 Å². The molecule has 1 aromatic rings. The second-order valence-corrected chi connectivity index (χ2v) is 5.04. The van der Waals surface area contributed by atoms with Gasteiger partial charge in [-0.3, -0.25) is 0 Å². The lowest BCUT2D eigenvalue weighted by Crippen LogP contribution is -2.27. The normalized spacial score (nSPS) is 10.6. The van der Waals surface area contributed by atoms with E-state index in [0.717, 1.165) is 0 Å². The van der Waals surface area contributed by atoms with Gasteiger partial charge >= 0.3 is 5.97 Å². The molecule has 0 heterocycles. The van der Waals surface area contributed by atoms with Gasteiger partial charge in [-0.25, -0.2) is 4.79 Å². The van der Waals surface area contributed by atoms with Crippen LogP contribution < -0.4 is 4.74 Å². The van der Waals surface area contributed by atoms with Crippen LogP contribution in [0.1, 0.15) is 26.3 Å². The third-order valence-corrected chi connectivity index (χ3v) is 2.16. The molecule has 0 aliphatic rings. The summed E-state index contributed by atoms with van der Waals surface area (Å²) >= 11 is 5.78. The first-order valence-electron chi connectivity index (χ1n) is 5.36. The van der Waals surface area contributed by atoms with Crippen molar-refractivity contribution in [2.75, 3.05) is 6.61 Å². The Labute approximate surface area is 111 Å². The van der Waals surface area contributed by atoms with Crippen LogP contribution in [0, 0.1) is 11.3 Å². The highest BCUT2D eigenvalue weighted by Gasteiger charge is 2.16. The largest absolute Gasteiger partial charge is 0.482 e. The van der Waals surface area contributed by atoms with Crippen LogP contribution in [0.4, 0.5) is 0 Å². The molecule has 0 aliphatic heterocycles. The predicted octanol–water partition coefficient (Wildman–Crippen LogP) is 2.93. The summed E-state index contributed by atoms with van der Waals surface area (Å²) in [6, 6.07) is 6.55. The fourth-order valence-electron chi connectivity index (χ4n) is 1.19. The highest BCUT2D eigenvalue weighted by Crippen LogP contribution is 2.21. The van der Waals surface area contributed by atoms with Crippen LogP contribution >= 0.6 is 11.6 Å². The van der Waals surface area contributed by atoms with Gasteiger partial charge in [0.2, 0.25) is 0 Å². The maximum absolute atomic E-state index is 11.4. The lowest BCUT2D eigenvalue weighted by molar-refractivity contribution is -0.157. The van der Waals surface area contributed by atoms with Crippen LogP contribution in [-0.2, 0) is 9.53 Å². The molecule has 0 N–H and O–H groups in total. The van der Waals surface area contributed by atoms with Crippen molar-refractivity contribution < 1.29 is 14.3 Å². The summed E-state index contributed by atoms with van der Waals surface area (Å²) in [6.45, 7) is 5.13. The summed E-state index contributed by atoms with van der Waals surface area (Å²) in [6.07, 6.45) is 0. The molecule has 0 amide bonds. The third kappa shape index (κ3) is 4.64. The summed E-state index contributed by atoms with van der Waals surface area (Å²) in [5.41, 5.74) is -0.239. The van der Waals surface area contributed by atoms with Crippen molar-refractivity contribution in [3.63, 3.8) is 0 Å². The van der Waals surface area contributed by atoms with E-state index in [2.05, 4.69) is 0 Å². The zero-order valence-corrected chi connectivity index (χ0v) is 11.2. The van der Waals surface area contributed by atoms with E-state index in [1.165, 1.54) is 6.07 Å². The minimum Gasteiger partial charge on any atom is -0.482 e. The zero-order valence-electron chi connectivity index (χ0n) is 10.5. The molecule has 0 unspecified atom stereocenters. The first-order valence-corrected chi connectivity index (χ1v) is 5.74. The molecule has 1 aromatic carbocycles. The molecule has 1 rings (SSSR count). The molecular formula is C13H14ClNO3. The molecule has 0 aliphatic carbocycles. The molecule has 0 saturated heterocycles. The summed E-state index contributed by atoms with van der Waals surface area (Å²) in [5, 5.41) is 9.14. The Balaban J connectivity index is 2.60. The van der Waals surface area contributed by atoms with E-state index in [-0.39, 0.29) is 6.61 Å². The number of carbonyl (C=O) groups is 1. The number of ether oxygens (including phenoxy) is 2. The molecule has 96 valence electrons. The molecule has 0 bridgehead atoms. The first kappa shape index (κ1) is 14.3. The van der Waals surface area contributed by atoms with Gasteiger partial charge in [-0.2, -0.15) is 5.26 Å². The Hall–Kier alpha value is -1.73. The van der Waals surface area contributed by atoms with E-state index in [1.807, 2.05) is 6.07 Å². The van der Waals surface area contributed by atoms with Crippen molar-refractivity contribution in [3.05, 3.63) is 28.8 Å². The van der Waals surface area contributed by atoms with Crippen molar-refractivity contribution in [1.82, 2.24) is 0 Å². The summed E-state index contributed by atoms with van der Waals surface area (Å²) in [5.74, 6) is -0.0576. The number of halogens is 1. The summed E-state index contributed by atoms with van der Waals surface area (Å²) in [7, 11) is 0. The van der Waals surface area contributed by atoms with Crippen LogP contribution in [0.2, 0.25) is 5.02 Å². The van der Waals surface area contributed by atoms with E-state index in [1.54, 1.807) is 32.9 Å². The van der Waals surface area contributed by atoms with E-state index in [4.69, 9.17) is 26.3 Å². The van der Waals surface area contributed by atoms with Crippen molar-refractivity contribution >= 4 is 17.6 Å². The van der Waals surface area contributed by atoms with Gasteiger partial charge in [0.1, 0.15) is 17.4 Å². The Kier molecular flexibility index (Phi) is 4.57. The van der Waals surface area contributed by atoms with Crippen molar-refractivity contribution in [2.45, 2.75) is 26.4 Å². The highest BCUT2D eigenvalue weighted by atomic mass is 35.5. The van der Waals surface area contributed by atoms with Gasteiger partial charge in [0.15, 0.2) is 6.61 Å². The fourth-order valence-corrected chi connectivity index (χ4v) is 1.35. The molecule has 0 radical (unpaired) electrons. The maximum atomic E-state index is 11.4. The lowest BCUT2D eigenvalue weighted by Gasteiger charge is -2.19. The lowest BCUT2D eigenvalue weighted by atomic mass is 10.2. The highest BCUT2D eigenvalue weighted by molar-refractivity contribution is 6.31. The van der Waals surface area contributed by atoms with Crippen LogP contribution in [0.15, 0.2) is 18.2 Å². The Morgan fingerprint density at radius 3 is 2.67 bits per heavy atom. The number of hydrogen-bond acceptors (Lipinski definition) is 4. The number of carbonyl (C=O) groups excluding carboxylic acids is 1. The number of esters is 1. The number of hydrogen-bond donors (Lipinski definition) is 0. The molecular weight excluding hydrogens is 254 g/mol. The maximum Gasteiger partial charge on any atom is 0.344 e. The van der Waals surface area contributed by atoms with Gasteiger partial charge in [-0.15, -0.1) is 0 Å². The Morgan fingerprint density at radius 1 is 1.44 bits per heavy atom. The minimum absolute atomic E-state index is 0.205.